The van der Waals surface area contributed by atoms with E-state index in [4.69, 9.17) is 0 Å². The molecule has 0 spiro atoms. The van der Waals surface area contributed by atoms with Crippen molar-refractivity contribution < 1.29 is 0 Å². The van der Waals surface area contributed by atoms with Crippen molar-refractivity contribution in [2.24, 2.45) is 14.1 Å². The molecule has 0 radical (unpaired) electrons. The molecule has 0 fully saturated rings. The van der Waals surface area contributed by atoms with Gasteiger partial charge in [-0.25, -0.2) is 0 Å². The van der Waals surface area contributed by atoms with E-state index in [0.29, 0.717) is 0 Å². The third-order valence-corrected chi connectivity index (χ3v) is 17.8. The summed E-state index contributed by atoms with van der Waals surface area (Å²) >= 11 is 1.91. The Hall–Kier alpha value is -8.38. The van der Waals surface area contributed by atoms with E-state index >= 15 is 0 Å². The maximum atomic E-state index is 2.65. The largest absolute Gasteiger partial charge is 0.342 e. The number of nitrogens with zero attached hydrogens (tertiary/aromatic N) is 4. The van der Waals surface area contributed by atoms with Crippen molar-refractivity contribution in [3.8, 4) is 27.9 Å². The molecule has 15 aromatic rings. The Morgan fingerprint density at radius 2 is 1.01 bits per heavy atom. The van der Waals surface area contributed by atoms with E-state index in [1.807, 2.05) is 11.3 Å². The summed E-state index contributed by atoms with van der Waals surface area (Å²) in [5.41, 5.74) is 20.4. The third kappa shape index (κ3) is 5.03. The minimum absolute atomic E-state index is 0.161. The highest BCUT2D eigenvalue weighted by atomic mass is 32.1. The highest BCUT2D eigenvalue weighted by Gasteiger charge is 2.38. The van der Waals surface area contributed by atoms with Crippen LogP contribution in [0.15, 0.2) is 194 Å². The number of hydrogen-bond acceptors (Lipinski definition) is 1. The van der Waals surface area contributed by atoms with Gasteiger partial charge in [-0.1, -0.05) is 153 Å². The Morgan fingerprint density at radius 1 is 0.423 bits per heavy atom. The van der Waals surface area contributed by atoms with E-state index in [-0.39, 0.29) is 5.41 Å². The molecule has 71 heavy (non-hydrogen) atoms. The number of para-hydroxylation sites is 4. The molecule has 0 bridgehead atoms. The summed E-state index contributed by atoms with van der Waals surface area (Å²) in [5.74, 6) is 0. The van der Waals surface area contributed by atoms with Gasteiger partial charge >= 0.3 is 0 Å². The Balaban J connectivity index is 0.946. The third-order valence-electron chi connectivity index (χ3n) is 16.6. The van der Waals surface area contributed by atoms with Crippen LogP contribution >= 0.6 is 11.3 Å². The Labute approximate surface area is 413 Å². The van der Waals surface area contributed by atoms with Crippen LogP contribution in [0.1, 0.15) is 30.5 Å². The van der Waals surface area contributed by atoms with Gasteiger partial charge in [0.1, 0.15) is 0 Å². The van der Waals surface area contributed by atoms with E-state index in [1.54, 1.807) is 0 Å². The summed E-state index contributed by atoms with van der Waals surface area (Å²) in [6, 6.07) is 73.1. The van der Waals surface area contributed by atoms with Crippen molar-refractivity contribution in [3.63, 3.8) is 0 Å². The van der Waals surface area contributed by atoms with E-state index in [2.05, 4.69) is 240 Å². The predicted octanol–water partition coefficient (Wildman–Crippen LogP) is 17.6. The fourth-order valence-electron chi connectivity index (χ4n) is 13.6. The fraction of sp³-hybridized carbons (Fsp3) is 0.0909. The van der Waals surface area contributed by atoms with Crippen molar-refractivity contribution in [2.75, 3.05) is 0 Å². The first-order valence-electron chi connectivity index (χ1n) is 24.8. The summed E-state index contributed by atoms with van der Waals surface area (Å²) in [5, 5.41) is 13.0. The molecule has 4 nitrogen and oxygen atoms in total. The average molecular weight is 927 g/mol. The van der Waals surface area contributed by atoms with Crippen LogP contribution in [0.5, 0.6) is 0 Å². The van der Waals surface area contributed by atoms with Crippen LogP contribution < -0.4 is 0 Å². The fourth-order valence-corrected chi connectivity index (χ4v) is 14.9. The second-order valence-corrected chi connectivity index (χ2v) is 21.5. The average Bonchev–Trinajstić information content (AvgIpc) is 4.23. The van der Waals surface area contributed by atoms with Crippen molar-refractivity contribution in [1.82, 2.24) is 18.3 Å². The summed E-state index contributed by atoms with van der Waals surface area (Å²) in [4.78, 5) is 0. The molecule has 1 aliphatic rings. The Morgan fingerprint density at radius 3 is 1.79 bits per heavy atom. The molecule has 0 atom stereocenters. The first kappa shape index (κ1) is 39.5. The van der Waals surface area contributed by atoms with Crippen LogP contribution in [0, 0.1) is 0 Å². The zero-order valence-electron chi connectivity index (χ0n) is 39.9. The lowest BCUT2D eigenvalue weighted by Gasteiger charge is -2.24. The van der Waals surface area contributed by atoms with Gasteiger partial charge in [0.25, 0.3) is 0 Å². The lowest BCUT2D eigenvalue weighted by molar-refractivity contribution is 0.661. The molecule has 5 heteroatoms. The Bertz CT molecular complexity index is 4830. The van der Waals surface area contributed by atoms with Gasteiger partial charge in [-0.15, -0.1) is 11.3 Å². The molecule has 5 heterocycles. The molecule has 0 N–H and O–H groups in total. The van der Waals surface area contributed by atoms with Crippen molar-refractivity contribution in [3.05, 3.63) is 211 Å². The molecule has 336 valence electrons. The number of hydrogen-bond donors (Lipinski definition) is 0. The molecular weight excluding hydrogens is 881 g/mol. The summed E-state index contributed by atoms with van der Waals surface area (Å²) in [6.07, 6.45) is 0. The number of thiophene rings is 1. The van der Waals surface area contributed by atoms with Gasteiger partial charge in [0, 0.05) is 107 Å². The summed E-state index contributed by atoms with van der Waals surface area (Å²) in [6.45, 7) is 5.57. The Kier molecular flexibility index (Phi) is 7.73. The number of rotatable bonds is 4. The zero-order chi connectivity index (χ0) is 47.0. The quantitative estimate of drug-likeness (QED) is 0.168. The molecule has 10 aromatic carbocycles. The molecule has 0 saturated heterocycles. The lowest BCUT2D eigenvalue weighted by Crippen LogP contribution is -2.17. The molecule has 16 rings (SSSR count). The van der Waals surface area contributed by atoms with Crippen LogP contribution in [-0.2, 0) is 26.1 Å². The SMILES string of the molecule is Cn1c2ccccc2c2cc(-c3ccc(-n4c5ccccc5c5cc(Cn6c7ccccc7c7ccc8c(c76)C(C)(C)c6ccccc6-8)c6c7ccccc7n(C)c6c54)cc3)c3c4ccccc4sc3c21. The molecule has 0 aliphatic heterocycles. The summed E-state index contributed by atoms with van der Waals surface area (Å²) < 4.78 is 12.7. The molecule has 1 aliphatic carbocycles. The molecule has 0 amide bonds. The first-order valence-corrected chi connectivity index (χ1v) is 25.7. The van der Waals surface area contributed by atoms with Gasteiger partial charge in [-0.3, -0.25) is 0 Å². The van der Waals surface area contributed by atoms with Crippen molar-refractivity contribution in [2.45, 2.75) is 25.8 Å². The number of aromatic nitrogens is 4. The monoisotopic (exact) mass is 926 g/mol. The molecule has 5 aromatic heterocycles. The normalized spacial score (nSPS) is 13.5. The van der Waals surface area contributed by atoms with Gasteiger partial charge in [0.05, 0.1) is 32.3 Å². The lowest BCUT2D eigenvalue weighted by atomic mass is 9.81. The van der Waals surface area contributed by atoms with Crippen LogP contribution in [0.2, 0.25) is 0 Å². The van der Waals surface area contributed by atoms with E-state index in [0.717, 1.165) is 12.2 Å². The van der Waals surface area contributed by atoms with Gasteiger partial charge in [-0.05, 0) is 93.5 Å². The maximum Gasteiger partial charge on any atom is 0.0785 e. The molecule has 0 unspecified atom stereocenters. The van der Waals surface area contributed by atoms with Crippen LogP contribution in [-0.4, -0.2) is 18.3 Å². The number of fused-ring (bicyclic) bond motifs is 21. The van der Waals surface area contributed by atoms with Crippen LogP contribution in [0.25, 0.3) is 135 Å². The van der Waals surface area contributed by atoms with Gasteiger partial charge in [0.15, 0.2) is 0 Å². The van der Waals surface area contributed by atoms with Gasteiger partial charge in [-0.2, -0.15) is 0 Å². The second kappa shape index (κ2) is 13.9. The second-order valence-electron chi connectivity index (χ2n) is 20.5. The highest BCUT2D eigenvalue weighted by Crippen LogP contribution is 2.53. The van der Waals surface area contributed by atoms with E-state index in [1.165, 1.54) is 146 Å². The molecule has 0 saturated carbocycles. The minimum atomic E-state index is -0.161. The standard InChI is InChI=1S/C66H46N4S/c1-66(2)52-23-11-5-17-41(52)45-33-34-46-42-18-7-14-26-55(42)69(61(46)60(45)66)37-39-35-50-44-20-8-15-27-56(44)70(62(50)64-58(39)47-21-9-13-25-54(47)68(64)4)40-31-29-38(30-32-40)49-36-51-43-19-6-12-24-53(43)67(3)63(51)65-59(49)48-22-10-16-28-57(48)71-65/h5-36H,37H2,1-4H3. The maximum absolute atomic E-state index is 2.65. The summed E-state index contributed by atoms with van der Waals surface area (Å²) in [7, 11) is 4.49. The smallest absolute Gasteiger partial charge is 0.0785 e. The molecular formula is C66H46N4S. The predicted molar refractivity (Wildman–Crippen MR) is 303 cm³/mol. The van der Waals surface area contributed by atoms with Crippen LogP contribution in [0.3, 0.4) is 0 Å². The van der Waals surface area contributed by atoms with Crippen molar-refractivity contribution in [1.29, 1.82) is 0 Å². The van der Waals surface area contributed by atoms with E-state index < -0.39 is 0 Å². The van der Waals surface area contributed by atoms with Crippen molar-refractivity contribution >= 4 is 119 Å². The topological polar surface area (TPSA) is 19.7 Å². The number of benzene rings is 10. The van der Waals surface area contributed by atoms with Crippen LogP contribution in [0.4, 0.5) is 0 Å². The highest BCUT2D eigenvalue weighted by molar-refractivity contribution is 7.26. The van der Waals surface area contributed by atoms with Gasteiger partial charge < -0.3 is 18.3 Å². The number of aryl methyl sites for hydroxylation is 2. The van der Waals surface area contributed by atoms with E-state index in [9.17, 15) is 0 Å². The zero-order valence-corrected chi connectivity index (χ0v) is 40.7. The first-order chi connectivity index (χ1) is 34.8. The minimum Gasteiger partial charge on any atom is -0.342 e. The van der Waals surface area contributed by atoms with Gasteiger partial charge in [0.2, 0.25) is 0 Å².